The van der Waals surface area contributed by atoms with Crippen molar-refractivity contribution in [1.29, 1.82) is 0 Å². The molecule has 1 amide bonds. The molecule has 1 saturated carbocycles. The Labute approximate surface area is 124 Å². The number of nitrogens with zero attached hydrogens (tertiary/aromatic N) is 2. The molecule has 108 valence electrons. The molecule has 4 nitrogen and oxygen atoms in total. The van der Waals surface area contributed by atoms with Gasteiger partial charge in [-0.2, -0.15) is 0 Å². The number of nitrogens with one attached hydrogen (secondary N) is 1. The quantitative estimate of drug-likeness (QED) is 0.930. The Morgan fingerprint density at radius 1 is 1.43 bits per heavy atom. The van der Waals surface area contributed by atoms with Gasteiger partial charge in [-0.3, -0.25) is 4.79 Å². The van der Waals surface area contributed by atoms with E-state index >= 15 is 0 Å². The molecule has 0 aliphatic heterocycles. The second-order valence-corrected chi connectivity index (χ2v) is 6.25. The fraction of sp³-hybridized carbons (Fsp3) is 0.412. The molecule has 1 spiro atoms. The third-order valence-electron chi connectivity index (χ3n) is 5.06. The predicted molar refractivity (Wildman–Crippen MR) is 79.8 cm³/mol. The summed E-state index contributed by atoms with van der Waals surface area (Å²) >= 11 is 0. The first-order valence-electron chi connectivity index (χ1n) is 7.59. The van der Waals surface area contributed by atoms with Gasteiger partial charge in [0.1, 0.15) is 6.54 Å². The number of carbonyl (C=O) groups is 1. The summed E-state index contributed by atoms with van der Waals surface area (Å²) in [6.07, 6.45) is 8.83. The maximum absolute atomic E-state index is 11.9. The molecule has 2 unspecified atom stereocenters. The number of amides is 1. The van der Waals surface area contributed by atoms with Crippen LogP contribution in [0.25, 0.3) is 0 Å². The van der Waals surface area contributed by atoms with E-state index in [1.165, 1.54) is 30.4 Å². The van der Waals surface area contributed by atoms with Crippen LogP contribution in [0.4, 0.5) is 0 Å². The van der Waals surface area contributed by atoms with Gasteiger partial charge in [0.25, 0.3) is 0 Å². The Hall–Kier alpha value is -2.10. The Balaban J connectivity index is 1.35. The van der Waals surface area contributed by atoms with Gasteiger partial charge in [-0.1, -0.05) is 24.3 Å². The van der Waals surface area contributed by atoms with Crippen molar-refractivity contribution in [3.05, 3.63) is 54.1 Å². The van der Waals surface area contributed by atoms with E-state index in [4.69, 9.17) is 0 Å². The van der Waals surface area contributed by atoms with E-state index < -0.39 is 0 Å². The molecule has 1 fully saturated rings. The fourth-order valence-corrected chi connectivity index (χ4v) is 3.84. The number of hydrogen-bond donors (Lipinski definition) is 1. The number of hydrogen-bond acceptors (Lipinski definition) is 2. The number of aryl methyl sites for hydroxylation is 1. The minimum absolute atomic E-state index is 0.0707. The van der Waals surface area contributed by atoms with Crippen molar-refractivity contribution >= 4 is 5.91 Å². The van der Waals surface area contributed by atoms with Gasteiger partial charge in [-0.15, -0.1) is 0 Å². The summed E-state index contributed by atoms with van der Waals surface area (Å²) in [5, 5.41) is 3.08. The van der Waals surface area contributed by atoms with Crippen molar-refractivity contribution in [1.82, 2.24) is 14.9 Å². The highest BCUT2D eigenvalue weighted by Gasteiger charge is 2.57. The Morgan fingerprint density at radius 2 is 2.33 bits per heavy atom. The van der Waals surface area contributed by atoms with Crippen LogP contribution in [0.1, 0.15) is 24.0 Å². The largest absolute Gasteiger partial charge is 0.354 e. The average molecular weight is 281 g/mol. The van der Waals surface area contributed by atoms with E-state index in [-0.39, 0.29) is 5.91 Å². The SMILES string of the molecule is O=C(Cn1ccnc1)NCC1CC12CCc1ccccc12. The van der Waals surface area contributed by atoms with Crippen LogP contribution in [0.3, 0.4) is 0 Å². The zero-order valence-corrected chi connectivity index (χ0v) is 12.0. The monoisotopic (exact) mass is 281 g/mol. The van der Waals surface area contributed by atoms with E-state index in [2.05, 4.69) is 34.6 Å². The van der Waals surface area contributed by atoms with Gasteiger partial charge >= 0.3 is 0 Å². The van der Waals surface area contributed by atoms with Crippen molar-refractivity contribution in [3.8, 4) is 0 Å². The molecular formula is C17H19N3O. The number of carbonyl (C=O) groups excluding carboxylic acids is 1. The highest BCUT2D eigenvalue weighted by atomic mass is 16.1. The van der Waals surface area contributed by atoms with E-state index in [0.717, 1.165) is 6.54 Å². The van der Waals surface area contributed by atoms with Crippen molar-refractivity contribution in [3.63, 3.8) is 0 Å². The first-order chi connectivity index (χ1) is 10.3. The van der Waals surface area contributed by atoms with Gasteiger partial charge in [0.05, 0.1) is 6.33 Å². The van der Waals surface area contributed by atoms with Crippen LogP contribution in [0.2, 0.25) is 0 Å². The van der Waals surface area contributed by atoms with Gasteiger partial charge in [0.15, 0.2) is 0 Å². The summed E-state index contributed by atoms with van der Waals surface area (Å²) in [5.41, 5.74) is 3.39. The molecule has 1 heterocycles. The van der Waals surface area contributed by atoms with Crippen LogP contribution in [0, 0.1) is 5.92 Å². The van der Waals surface area contributed by atoms with Crippen molar-refractivity contribution in [2.24, 2.45) is 5.92 Å². The first kappa shape index (κ1) is 12.6. The van der Waals surface area contributed by atoms with E-state index in [1.807, 2.05) is 6.20 Å². The van der Waals surface area contributed by atoms with Crippen LogP contribution in [0.5, 0.6) is 0 Å². The molecule has 0 saturated heterocycles. The topological polar surface area (TPSA) is 46.9 Å². The average Bonchev–Trinajstić information content (AvgIpc) is 2.83. The molecule has 0 radical (unpaired) electrons. The number of fused-ring (bicyclic) bond motifs is 2. The van der Waals surface area contributed by atoms with Gasteiger partial charge in [0.2, 0.25) is 5.91 Å². The second-order valence-electron chi connectivity index (χ2n) is 6.25. The minimum Gasteiger partial charge on any atom is -0.354 e. The minimum atomic E-state index is 0.0707. The standard InChI is InChI=1S/C17H19N3O/c21-16(11-20-8-7-18-12-20)19-10-14-9-17(14)6-5-13-3-1-2-4-15(13)17/h1-4,7-8,12,14H,5-6,9-11H2,(H,19,21). The molecule has 2 aliphatic carbocycles. The maximum atomic E-state index is 11.9. The third-order valence-corrected chi connectivity index (χ3v) is 5.06. The lowest BCUT2D eigenvalue weighted by Crippen LogP contribution is -2.30. The Kier molecular flexibility index (Phi) is 2.84. The Morgan fingerprint density at radius 3 is 3.19 bits per heavy atom. The molecule has 2 aliphatic rings. The highest BCUT2D eigenvalue weighted by Crippen LogP contribution is 2.61. The van der Waals surface area contributed by atoms with Gasteiger partial charge in [-0.05, 0) is 36.3 Å². The molecule has 0 bridgehead atoms. The molecule has 4 rings (SSSR count). The number of imidazole rings is 1. The lowest BCUT2D eigenvalue weighted by Gasteiger charge is -2.12. The first-order valence-corrected chi connectivity index (χ1v) is 7.59. The molecule has 4 heteroatoms. The van der Waals surface area contributed by atoms with Crippen molar-refractivity contribution in [2.75, 3.05) is 6.54 Å². The van der Waals surface area contributed by atoms with Gasteiger partial charge in [0, 0.05) is 24.4 Å². The summed E-state index contributed by atoms with van der Waals surface area (Å²) in [6.45, 7) is 1.15. The fourth-order valence-electron chi connectivity index (χ4n) is 3.84. The number of aromatic nitrogens is 2. The van der Waals surface area contributed by atoms with Crippen LogP contribution in [0.15, 0.2) is 43.0 Å². The lowest BCUT2D eigenvalue weighted by atomic mass is 9.95. The maximum Gasteiger partial charge on any atom is 0.239 e. The van der Waals surface area contributed by atoms with Crippen LogP contribution in [-0.2, 0) is 23.2 Å². The zero-order valence-electron chi connectivity index (χ0n) is 12.0. The Bertz CT molecular complexity index is 664. The molecule has 1 aromatic heterocycles. The molecule has 21 heavy (non-hydrogen) atoms. The van der Waals surface area contributed by atoms with Crippen LogP contribution in [-0.4, -0.2) is 22.0 Å². The van der Waals surface area contributed by atoms with Gasteiger partial charge < -0.3 is 9.88 Å². The summed E-state index contributed by atoms with van der Waals surface area (Å²) in [6, 6.07) is 8.79. The van der Waals surface area contributed by atoms with Crippen LogP contribution >= 0.6 is 0 Å². The molecule has 2 aromatic rings. The van der Waals surface area contributed by atoms with E-state index in [9.17, 15) is 4.79 Å². The summed E-state index contributed by atoms with van der Waals surface area (Å²) in [4.78, 5) is 15.9. The van der Waals surface area contributed by atoms with Crippen molar-refractivity contribution in [2.45, 2.75) is 31.2 Å². The molecule has 2 atom stereocenters. The predicted octanol–water partition coefficient (Wildman–Crippen LogP) is 1.90. The number of benzene rings is 1. The number of rotatable bonds is 4. The van der Waals surface area contributed by atoms with Gasteiger partial charge in [-0.25, -0.2) is 4.98 Å². The summed E-state index contributed by atoms with van der Waals surface area (Å²) in [5.74, 6) is 0.675. The highest BCUT2D eigenvalue weighted by molar-refractivity contribution is 5.75. The normalized spacial score (nSPS) is 25.8. The summed E-state index contributed by atoms with van der Waals surface area (Å²) in [7, 11) is 0. The third kappa shape index (κ3) is 2.15. The molecular weight excluding hydrogens is 262 g/mol. The second kappa shape index (κ2) is 4.72. The zero-order chi connectivity index (χ0) is 14.3. The van der Waals surface area contributed by atoms with Crippen LogP contribution < -0.4 is 5.32 Å². The molecule has 1 aromatic carbocycles. The smallest absolute Gasteiger partial charge is 0.239 e. The van der Waals surface area contributed by atoms with E-state index in [1.54, 1.807) is 17.1 Å². The van der Waals surface area contributed by atoms with E-state index in [0.29, 0.717) is 17.9 Å². The molecule has 1 N–H and O–H groups in total. The van der Waals surface area contributed by atoms with Crippen molar-refractivity contribution < 1.29 is 4.79 Å². The summed E-state index contributed by atoms with van der Waals surface area (Å²) < 4.78 is 1.79. The lowest BCUT2D eigenvalue weighted by molar-refractivity contribution is -0.121.